The first-order valence-electron chi connectivity index (χ1n) is 30.4. The molecule has 0 aliphatic carbocycles. The Balaban J connectivity index is 4.43. The molecule has 6 heteroatoms. The van der Waals surface area contributed by atoms with Crippen molar-refractivity contribution in [1.29, 1.82) is 0 Å². The fourth-order valence-corrected chi connectivity index (χ4v) is 8.57. The lowest BCUT2D eigenvalue weighted by Crippen LogP contribution is -2.30. The zero-order chi connectivity index (χ0) is 51.4. The molecule has 0 aromatic rings. The average Bonchev–Trinajstić information content (AvgIpc) is 3.37. The van der Waals surface area contributed by atoms with Gasteiger partial charge in [-0.2, -0.15) is 0 Å². The zero-order valence-electron chi connectivity index (χ0n) is 47.0. The molecule has 1 atom stereocenters. The highest BCUT2D eigenvalue weighted by atomic mass is 16.6. The highest BCUT2D eigenvalue weighted by Crippen LogP contribution is 2.16. The van der Waals surface area contributed by atoms with Crippen molar-refractivity contribution in [3.05, 3.63) is 72.9 Å². The van der Waals surface area contributed by atoms with E-state index in [4.69, 9.17) is 14.2 Å². The Hall–Kier alpha value is -3.15. The van der Waals surface area contributed by atoms with Crippen LogP contribution in [0.25, 0.3) is 0 Å². The molecular formula is C65H114O6. The van der Waals surface area contributed by atoms with E-state index < -0.39 is 6.10 Å². The lowest BCUT2D eigenvalue weighted by molar-refractivity contribution is -0.167. The minimum atomic E-state index is -0.792. The van der Waals surface area contributed by atoms with Gasteiger partial charge in [0.15, 0.2) is 6.10 Å². The number of hydrogen-bond donors (Lipinski definition) is 0. The standard InChI is InChI=1S/C65H114O6/c1-4-7-10-13-16-19-22-25-28-31-32-35-37-40-43-46-49-52-55-58-64(67)70-61-62(71-65(68)59-56-53-50-47-44-41-38-34-30-27-24-21-18-15-12-9-6-3)60-69-63(66)57-54-51-48-45-42-39-36-33-29-26-23-20-17-14-11-8-5-2/h16,18-19,21,25,27-28,30,32,35,40,43,62H,4-15,17,20,22-24,26,29,31,33-34,36-39,41-42,44-61H2,1-3H3/b19-16-,21-18-,28-25-,30-27-,35-32-,43-40-/t62-/m1/s1. The SMILES string of the molecule is CCCCC/C=C\C/C=C\C/C=C\C/C=C\CCCCCC(=O)OC[C@@H](COC(=O)CCCCCCCCCCCCCCCCCCC)OC(=O)CCCCCCCCC/C=C\C/C=C\CCCCC. The van der Waals surface area contributed by atoms with E-state index in [0.29, 0.717) is 19.3 Å². The highest BCUT2D eigenvalue weighted by molar-refractivity contribution is 5.71. The van der Waals surface area contributed by atoms with Crippen molar-refractivity contribution in [2.24, 2.45) is 0 Å². The van der Waals surface area contributed by atoms with Crippen molar-refractivity contribution in [3.8, 4) is 0 Å². The van der Waals surface area contributed by atoms with Gasteiger partial charge >= 0.3 is 17.9 Å². The third-order valence-electron chi connectivity index (χ3n) is 13.2. The van der Waals surface area contributed by atoms with E-state index in [9.17, 15) is 14.4 Å². The molecule has 0 aliphatic heterocycles. The fourth-order valence-electron chi connectivity index (χ4n) is 8.57. The lowest BCUT2D eigenvalue weighted by atomic mass is 10.0. The van der Waals surface area contributed by atoms with Gasteiger partial charge in [0, 0.05) is 19.3 Å². The molecule has 0 aliphatic rings. The number of hydrogen-bond acceptors (Lipinski definition) is 6. The van der Waals surface area contributed by atoms with E-state index >= 15 is 0 Å². The van der Waals surface area contributed by atoms with Gasteiger partial charge in [0.05, 0.1) is 0 Å². The van der Waals surface area contributed by atoms with Gasteiger partial charge in [0.2, 0.25) is 0 Å². The molecule has 0 N–H and O–H groups in total. The second kappa shape index (κ2) is 59.4. The molecule has 0 aromatic carbocycles. The van der Waals surface area contributed by atoms with Crippen LogP contribution >= 0.6 is 0 Å². The summed E-state index contributed by atoms with van der Waals surface area (Å²) in [6.45, 7) is 6.59. The molecule has 0 aromatic heterocycles. The summed E-state index contributed by atoms with van der Waals surface area (Å²) >= 11 is 0. The smallest absolute Gasteiger partial charge is 0.306 e. The van der Waals surface area contributed by atoms with Crippen LogP contribution < -0.4 is 0 Å². The van der Waals surface area contributed by atoms with Gasteiger partial charge < -0.3 is 14.2 Å². The van der Waals surface area contributed by atoms with Crippen LogP contribution in [0.4, 0.5) is 0 Å². The second-order valence-electron chi connectivity index (χ2n) is 20.3. The van der Waals surface area contributed by atoms with Gasteiger partial charge in [-0.15, -0.1) is 0 Å². The minimum Gasteiger partial charge on any atom is -0.462 e. The van der Waals surface area contributed by atoms with E-state index in [1.165, 1.54) is 167 Å². The first-order chi connectivity index (χ1) is 35.0. The molecule has 6 nitrogen and oxygen atoms in total. The van der Waals surface area contributed by atoms with E-state index in [1.807, 2.05) is 0 Å². The summed E-state index contributed by atoms with van der Waals surface area (Å²) < 4.78 is 16.9. The Labute approximate surface area is 440 Å². The molecule has 0 bridgehead atoms. The molecule has 0 saturated heterocycles. The van der Waals surface area contributed by atoms with Gasteiger partial charge in [-0.25, -0.2) is 0 Å². The Bertz CT molecular complexity index is 1320. The van der Waals surface area contributed by atoms with E-state index in [-0.39, 0.29) is 31.1 Å². The average molecular weight is 992 g/mol. The normalized spacial score (nSPS) is 12.5. The largest absolute Gasteiger partial charge is 0.462 e. The van der Waals surface area contributed by atoms with Crippen LogP contribution in [0.1, 0.15) is 303 Å². The summed E-state index contributed by atoms with van der Waals surface area (Å²) in [6, 6.07) is 0. The Morgan fingerprint density at radius 3 is 0.831 bits per heavy atom. The molecule has 410 valence electrons. The van der Waals surface area contributed by atoms with Gasteiger partial charge in [-0.3, -0.25) is 14.4 Å². The molecule has 0 heterocycles. The molecule has 0 fully saturated rings. The van der Waals surface area contributed by atoms with Crippen molar-refractivity contribution in [2.45, 2.75) is 309 Å². The van der Waals surface area contributed by atoms with Crippen molar-refractivity contribution >= 4 is 17.9 Å². The van der Waals surface area contributed by atoms with Crippen molar-refractivity contribution in [2.75, 3.05) is 13.2 Å². The molecule has 0 amide bonds. The maximum Gasteiger partial charge on any atom is 0.306 e. The number of carbonyl (C=O) groups excluding carboxylic acids is 3. The molecule has 71 heavy (non-hydrogen) atoms. The van der Waals surface area contributed by atoms with Gasteiger partial charge in [0.1, 0.15) is 13.2 Å². The number of carbonyl (C=O) groups is 3. The van der Waals surface area contributed by atoms with Gasteiger partial charge in [-0.1, -0.05) is 261 Å². The maximum absolute atomic E-state index is 12.9. The van der Waals surface area contributed by atoms with E-state index in [2.05, 4.69) is 93.7 Å². The van der Waals surface area contributed by atoms with Gasteiger partial charge in [-0.05, 0) is 96.3 Å². The number of allylic oxidation sites excluding steroid dienone is 12. The molecule has 0 unspecified atom stereocenters. The van der Waals surface area contributed by atoms with Crippen LogP contribution in [-0.4, -0.2) is 37.2 Å². The fraction of sp³-hybridized carbons (Fsp3) is 0.769. The molecule has 0 rings (SSSR count). The van der Waals surface area contributed by atoms with Crippen molar-refractivity contribution in [3.63, 3.8) is 0 Å². The minimum absolute atomic E-state index is 0.0865. The molecule has 0 saturated carbocycles. The second-order valence-corrected chi connectivity index (χ2v) is 20.3. The maximum atomic E-state index is 12.9. The highest BCUT2D eigenvalue weighted by Gasteiger charge is 2.19. The van der Waals surface area contributed by atoms with Crippen molar-refractivity contribution < 1.29 is 28.6 Å². The Morgan fingerprint density at radius 2 is 0.507 bits per heavy atom. The van der Waals surface area contributed by atoms with Crippen LogP contribution in [0.5, 0.6) is 0 Å². The Kier molecular flexibility index (Phi) is 56.8. The third kappa shape index (κ3) is 57.6. The number of unbranched alkanes of at least 4 members (excludes halogenated alkanes) is 32. The summed E-state index contributed by atoms with van der Waals surface area (Å²) in [4.78, 5) is 38.2. The monoisotopic (exact) mass is 991 g/mol. The number of esters is 3. The lowest BCUT2D eigenvalue weighted by Gasteiger charge is -2.18. The van der Waals surface area contributed by atoms with Crippen LogP contribution in [0.3, 0.4) is 0 Å². The van der Waals surface area contributed by atoms with Crippen LogP contribution in [0.15, 0.2) is 72.9 Å². The summed E-state index contributed by atoms with van der Waals surface area (Å²) in [5.41, 5.74) is 0. The van der Waals surface area contributed by atoms with Crippen LogP contribution in [0.2, 0.25) is 0 Å². The predicted molar refractivity (Wildman–Crippen MR) is 307 cm³/mol. The summed E-state index contributed by atoms with van der Waals surface area (Å²) in [5, 5.41) is 0. The van der Waals surface area contributed by atoms with E-state index in [1.54, 1.807) is 0 Å². The third-order valence-corrected chi connectivity index (χ3v) is 13.2. The predicted octanol–water partition coefficient (Wildman–Crippen LogP) is 20.5. The Morgan fingerprint density at radius 1 is 0.282 bits per heavy atom. The van der Waals surface area contributed by atoms with Crippen LogP contribution in [-0.2, 0) is 28.6 Å². The zero-order valence-corrected chi connectivity index (χ0v) is 47.0. The quantitative estimate of drug-likeness (QED) is 0.0261. The van der Waals surface area contributed by atoms with Crippen molar-refractivity contribution in [1.82, 2.24) is 0 Å². The van der Waals surface area contributed by atoms with Crippen LogP contribution in [0, 0.1) is 0 Å². The first-order valence-corrected chi connectivity index (χ1v) is 30.4. The van der Waals surface area contributed by atoms with E-state index in [0.717, 1.165) is 96.3 Å². The molecular weight excluding hydrogens is 877 g/mol. The molecule has 0 spiro atoms. The topological polar surface area (TPSA) is 78.9 Å². The summed E-state index contributed by atoms with van der Waals surface area (Å²) in [7, 11) is 0. The summed E-state index contributed by atoms with van der Waals surface area (Å²) in [5.74, 6) is -0.913. The number of rotatable bonds is 55. The summed E-state index contributed by atoms with van der Waals surface area (Å²) in [6.07, 6.45) is 76.0. The number of ether oxygens (including phenoxy) is 3. The first kappa shape index (κ1) is 67.8. The molecule has 0 radical (unpaired) electrons. The van der Waals surface area contributed by atoms with Gasteiger partial charge in [0.25, 0.3) is 0 Å².